The standard InChI is InChI=1S/C19H15ClN3O2/c20-18-16(22-11-17(23-18)19(21)24)10-14-7-4-8-15(9-14)25-12-13-5-2-1-3-6-13/h1-11H,12H2,(H2,21,24). The van der Waals surface area contributed by atoms with E-state index < -0.39 is 5.91 Å². The Labute approximate surface area is 150 Å². The lowest BCUT2D eigenvalue weighted by molar-refractivity contribution is 0.0995. The molecule has 1 heterocycles. The van der Waals surface area contributed by atoms with Crippen molar-refractivity contribution in [3.63, 3.8) is 0 Å². The summed E-state index contributed by atoms with van der Waals surface area (Å²) in [5, 5.41) is 0.118. The molecule has 1 aromatic heterocycles. The van der Waals surface area contributed by atoms with E-state index in [4.69, 9.17) is 22.1 Å². The van der Waals surface area contributed by atoms with Gasteiger partial charge in [-0.2, -0.15) is 0 Å². The lowest BCUT2D eigenvalue weighted by Crippen LogP contribution is -2.14. The number of nitrogens with zero attached hydrogens (tertiary/aromatic N) is 2. The van der Waals surface area contributed by atoms with Gasteiger partial charge in [-0.1, -0.05) is 54.1 Å². The Bertz CT molecular complexity index is 885. The third-order valence-corrected chi connectivity index (χ3v) is 3.70. The van der Waals surface area contributed by atoms with Crippen LogP contribution < -0.4 is 10.5 Å². The van der Waals surface area contributed by atoms with E-state index in [1.54, 1.807) is 6.42 Å². The molecule has 0 unspecified atom stereocenters. The van der Waals surface area contributed by atoms with E-state index >= 15 is 0 Å². The van der Waals surface area contributed by atoms with E-state index in [0.29, 0.717) is 12.3 Å². The summed E-state index contributed by atoms with van der Waals surface area (Å²) >= 11 is 6.06. The molecule has 2 N–H and O–H groups in total. The summed E-state index contributed by atoms with van der Waals surface area (Å²) in [5.41, 5.74) is 7.59. The normalized spacial score (nSPS) is 10.4. The van der Waals surface area contributed by atoms with Gasteiger partial charge in [0.2, 0.25) is 0 Å². The van der Waals surface area contributed by atoms with Crippen molar-refractivity contribution in [2.24, 2.45) is 5.73 Å². The van der Waals surface area contributed by atoms with Crippen LogP contribution in [-0.4, -0.2) is 15.9 Å². The van der Waals surface area contributed by atoms with Crippen molar-refractivity contribution >= 4 is 17.5 Å². The summed E-state index contributed by atoms with van der Waals surface area (Å²) in [6, 6.07) is 17.5. The summed E-state index contributed by atoms with van der Waals surface area (Å²) < 4.78 is 5.80. The molecule has 0 aliphatic carbocycles. The molecule has 0 atom stereocenters. The van der Waals surface area contributed by atoms with Crippen LogP contribution in [0.3, 0.4) is 0 Å². The predicted molar refractivity (Wildman–Crippen MR) is 95.3 cm³/mol. The number of hydrogen-bond acceptors (Lipinski definition) is 4. The number of rotatable bonds is 6. The molecule has 25 heavy (non-hydrogen) atoms. The van der Waals surface area contributed by atoms with Crippen molar-refractivity contribution in [1.29, 1.82) is 0 Å². The molecule has 0 aliphatic rings. The number of nitrogens with two attached hydrogens (primary N) is 1. The van der Waals surface area contributed by atoms with Gasteiger partial charge in [0.1, 0.15) is 18.1 Å². The molecule has 0 saturated carbocycles. The molecule has 0 bridgehead atoms. The fourth-order valence-electron chi connectivity index (χ4n) is 2.18. The number of amides is 1. The molecular weight excluding hydrogens is 338 g/mol. The molecule has 3 aromatic rings. The number of aromatic nitrogens is 2. The van der Waals surface area contributed by atoms with E-state index in [2.05, 4.69) is 9.97 Å². The van der Waals surface area contributed by atoms with Crippen molar-refractivity contribution in [1.82, 2.24) is 9.97 Å². The Balaban J connectivity index is 1.70. The molecule has 0 saturated heterocycles. The number of carbonyl (C=O) groups is 1. The molecule has 0 aliphatic heterocycles. The maximum atomic E-state index is 11.1. The first-order chi connectivity index (χ1) is 12.1. The monoisotopic (exact) mass is 352 g/mol. The molecule has 1 radical (unpaired) electrons. The number of carbonyl (C=O) groups excluding carboxylic acids is 1. The molecule has 0 spiro atoms. The van der Waals surface area contributed by atoms with Crippen LogP contribution in [0.4, 0.5) is 0 Å². The molecule has 125 valence electrons. The number of primary amides is 1. The van der Waals surface area contributed by atoms with E-state index in [0.717, 1.165) is 16.9 Å². The highest BCUT2D eigenvalue weighted by atomic mass is 35.5. The van der Waals surface area contributed by atoms with Crippen LogP contribution in [0.1, 0.15) is 27.3 Å². The molecule has 2 aromatic carbocycles. The van der Waals surface area contributed by atoms with Crippen molar-refractivity contribution in [3.05, 3.63) is 94.9 Å². The zero-order chi connectivity index (χ0) is 17.6. The number of ether oxygens (including phenoxy) is 1. The van der Waals surface area contributed by atoms with Gasteiger partial charge in [0, 0.05) is 6.42 Å². The van der Waals surface area contributed by atoms with Crippen molar-refractivity contribution < 1.29 is 9.53 Å². The average molecular weight is 353 g/mol. The number of benzene rings is 2. The van der Waals surface area contributed by atoms with Crippen LogP contribution in [0.15, 0.2) is 60.8 Å². The number of halogens is 1. The van der Waals surface area contributed by atoms with Gasteiger partial charge < -0.3 is 10.5 Å². The van der Waals surface area contributed by atoms with Crippen LogP contribution in [0.2, 0.25) is 5.15 Å². The Morgan fingerprint density at radius 1 is 1.16 bits per heavy atom. The fraction of sp³-hybridized carbons (Fsp3) is 0.0526. The minimum atomic E-state index is -0.669. The summed E-state index contributed by atoms with van der Waals surface area (Å²) in [6.45, 7) is 0.484. The first kappa shape index (κ1) is 16.9. The molecular formula is C19H15ClN3O2. The van der Waals surface area contributed by atoms with Crippen molar-refractivity contribution in [2.45, 2.75) is 6.61 Å². The van der Waals surface area contributed by atoms with Crippen LogP contribution in [0.5, 0.6) is 5.75 Å². The van der Waals surface area contributed by atoms with Gasteiger partial charge in [0.15, 0.2) is 5.15 Å². The Kier molecular flexibility index (Phi) is 5.26. The Morgan fingerprint density at radius 3 is 2.68 bits per heavy atom. The molecule has 6 heteroatoms. The Hall–Kier alpha value is -2.92. The minimum Gasteiger partial charge on any atom is -0.489 e. The van der Waals surface area contributed by atoms with Gasteiger partial charge in [0.05, 0.1) is 11.9 Å². The minimum absolute atomic E-state index is 0.0297. The maximum Gasteiger partial charge on any atom is 0.268 e. The highest BCUT2D eigenvalue weighted by Crippen LogP contribution is 2.21. The van der Waals surface area contributed by atoms with Crippen LogP contribution >= 0.6 is 11.6 Å². The lowest BCUT2D eigenvalue weighted by atomic mass is 10.1. The second-order valence-electron chi connectivity index (χ2n) is 5.29. The van der Waals surface area contributed by atoms with E-state index in [1.165, 1.54) is 6.20 Å². The summed E-state index contributed by atoms with van der Waals surface area (Å²) in [7, 11) is 0. The fourth-order valence-corrected chi connectivity index (χ4v) is 2.38. The quantitative estimate of drug-likeness (QED) is 0.737. The topological polar surface area (TPSA) is 78.1 Å². The number of hydrogen-bond donors (Lipinski definition) is 1. The van der Waals surface area contributed by atoms with E-state index in [9.17, 15) is 4.79 Å². The van der Waals surface area contributed by atoms with Gasteiger partial charge in [-0.3, -0.25) is 9.78 Å². The summed E-state index contributed by atoms with van der Waals surface area (Å²) in [4.78, 5) is 19.2. The third-order valence-electron chi connectivity index (χ3n) is 3.42. The van der Waals surface area contributed by atoms with Crippen molar-refractivity contribution in [2.75, 3.05) is 0 Å². The SMILES string of the molecule is NC(=O)c1cnc([CH]c2cccc(OCc3ccccc3)c2)c(Cl)n1. The third kappa shape index (κ3) is 4.55. The average Bonchev–Trinajstić information content (AvgIpc) is 2.63. The Morgan fingerprint density at radius 2 is 1.96 bits per heavy atom. The van der Waals surface area contributed by atoms with E-state index in [1.807, 2.05) is 54.6 Å². The maximum absolute atomic E-state index is 11.1. The first-order valence-corrected chi connectivity index (χ1v) is 7.93. The van der Waals surface area contributed by atoms with Crippen LogP contribution in [0.25, 0.3) is 0 Å². The second-order valence-corrected chi connectivity index (χ2v) is 5.64. The first-order valence-electron chi connectivity index (χ1n) is 7.56. The molecule has 3 rings (SSSR count). The highest BCUT2D eigenvalue weighted by molar-refractivity contribution is 6.30. The van der Waals surface area contributed by atoms with Gasteiger partial charge in [-0.15, -0.1) is 0 Å². The highest BCUT2D eigenvalue weighted by Gasteiger charge is 2.10. The summed E-state index contributed by atoms with van der Waals surface area (Å²) in [6.07, 6.45) is 3.06. The van der Waals surface area contributed by atoms with Gasteiger partial charge in [-0.05, 0) is 23.3 Å². The molecule has 5 nitrogen and oxygen atoms in total. The van der Waals surface area contributed by atoms with E-state index in [-0.39, 0.29) is 10.8 Å². The van der Waals surface area contributed by atoms with Crippen LogP contribution in [0, 0.1) is 6.42 Å². The largest absolute Gasteiger partial charge is 0.489 e. The lowest BCUT2D eigenvalue weighted by Gasteiger charge is -2.08. The van der Waals surface area contributed by atoms with Crippen LogP contribution in [-0.2, 0) is 6.61 Å². The van der Waals surface area contributed by atoms with Gasteiger partial charge >= 0.3 is 0 Å². The zero-order valence-electron chi connectivity index (χ0n) is 13.2. The van der Waals surface area contributed by atoms with Gasteiger partial charge in [0.25, 0.3) is 5.91 Å². The summed E-state index contributed by atoms with van der Waals surface area (Å²) in [5.74, 6) is 0.0627. The molecule has 0 fully saturated rings. The smallest absolute Gasteiger partial charge is 0.268 e. The van der Waals surface area contributed by atoms with Crippen molar-refractivity contribution in [3.8, 4) is 5.75 Å². The second kappa shape index (κ2) is 7.77. The predicted octanol–water partition coefficient (Wildman–Crippen LogP) is 3.41. The molecule has 1 amide bonds. The van der Waals surface area contributed by atoms with Gasteiger partial charge in [-0.25, -0.2) is 4.98 Å². The zero-order valence-corrected chi connectivity index (χ0v) is 14.0.